The summed E-state index contributed by atoms with van der Waals surface area (Å²) in [5.74, 6) is 1.41. The van der Waals surface area contributed by atoms with E-state index < -0.39 is 0 Å². The van der Waals surface area contributed by atoms with Gasteiger partial charge >= 0.3 is 0 Å². The van der Waals surface area contributed by atoms with E-state index in [4.69, 9.17) is 10.5 Å². The first-order valence-electron chi connectivity index (χ1n) is 5.58. The van der Waals surface area contributed by atoms with Crippen molar-refractivity contribution in [2.75, 3.05) is 6.61 Å². The number of benzene rings is 1. The third-order valence-corrected chi connectivity index (χ3v) is 2.84. The van der Waals surface area contributed by atoms with E-state index in [1.54, 1.807) is 0 Å². The van der Waals surface area contributed by atoms with Crippen LogP contribution in [-0.2, 0) is 0 Å². The maximum atomic E-state index is 5.98. The molecule has 1 rings (SSSR count). The van der Waals surface area contributed by atoms with Crippen molar-refractivity contribution in [1.29, 1.82) is 0 Å². The Morgan fingerprint density at radius 3 is 2.40 bits per heavy atom. The third kappa shape index (κ3) is 3.92. The van der Waals surface area contributed by atoms with E-state index in [2.05, 4.69) is 20.8 Å². The van der Waals surface area contributed by atoms with Crippen LogP contribution in [0.1, 0.15) is 25.8 Å². The van der Waals surface area contributed by atoms with E-state index in [-0.39, 0.29) is 6.04 Å². The number of rotatable bonds is 5. The minimum Gasteiger partial charge on any atom is -0.492 e. The summed E-state index contributed by atoms with van der Waals surface area (Å²) in [4.78, 5) is 0. The molecule has 2 atom stereocenters. The predicted octanol–water partition coefficient (Wildman–Crippen LogP) is 2.75. The number of nitrogens with two attached hydrogens (primary N) is 1. The highest BCUT2D eigenvalue weighted by Gasteiger charge is 2.10. The van der Waals surface area contributed by atoms with E-state index in [1.165, 1.54) is 5.56 Å². The van der Waals surface area contributed by atoms with Crippen LogP contribution >= 0.6 is 0 Å². The van der Waals surface area contributed by atoms with Gasteiger partial charge in [-0.1, -0.05) is 38.0 Å². The molecule has 0 aromatic heterocycles. The molecule has 0 aliphatic rings. The van der Waals surface area contributed by atoms with Gasteiger partial charge in [0.15, 0.2) is 0 Å². The van der Waals surface area contributed by atoms with Crippen LogP contribution in [0.2, 0.25) is 0 Å². The highest BCUT2D eigenvalue weighted by Crippen LogP contribution is 2.13. The summed E-state index contributed by atoms with van der Waals surface area (Å²) in [6.07, 6.45) is 1.10. The van der Waals surface area contributed by atoms with Gasteiger partial charge < -0.3 is 10.5 Å². The molecule has 0 saturated heterocycles. The fourth-order valence-electron chi connectivity index (χ4n) is 1.29. The van der Waals surface area contributed by atoms with E-state index in [9.17, 15) is 0 Å². The lowest BCUT2D eigenvalue weighted by Crippen LogP contribution is -2.34. The zero-order chi connectivity index (χ0) is 11.3. The molecule has 0 heterocycles. The van der Waals surface area contributed by atoms with Gasteiger partial charge in [0.2, 0.25) is 0 Å². The Bertz CT molecular complexity index is 281. The lowest BCUT2D eigenvalue weighted by Gasteiger charge is -2.18. The molecule has 2 N–H and O–H groups in total. The fraction of sp³-hybridized carbons (Fsp3) is 0.538. The van der Waals surface area contributed by atoms with Crippen LogP contribution in [0.3, 0.4) is 0 Å². The molecular weight excluding hydrogens is 186 g/mol. The SMILES string of the molecule is CCC(C)C(N)COc1ccc(C)cc1. The fourth-order valence-corrected chi connectivity index (χ4v) is 1.29. The summed E-state index contributed by atoms with van der Waals surface area (Å²) in [7, 11) is 0. The second-order valence-electron chi connectivity index (χ2n) is 4.17. The molecule has 0 radical (unpaired) electrons. The molecule has 1 aromatic rings. The molecule has 0 aliphatic carbocycles. The van der Waals surface area contributed by atoms with Crippen LogP contribution in [0.25, 0.3) is 0 Å². The van der Waals surface area contributed by atoms with Crippen molar-refractivity contribution in [2.45, 2.75) is 33.2 Å². The molecule has 0 fully saturated rings. The third-order valence-electron chi connectivity index (χ3n) is 2.84. The molecule has 0 bridgehead atoms. The Labute approximate surface area is 92.4 Å². The maximum Gasteiger partial charge on any atom is 0.119 e. The summed E-state index contributed by atoms with van der Waals surface area (Å²) >= 11 is 0. The molecule has 2 heteroatoms. The topological polar surface area (TPSA) is 35.2 Å². The Morgan fingerprint density at radius 2 is 1.87 bits per heavy atom. The summed E-state index contributed by atoms with van der Waals surface area (Å²) in [5, 5.41) is 0. The quantitative estimate of drug-likeness (QED) is 0.805. The van der Waals surface area contributed by atoms with E-state index >= 15 is 0 Å². The molecule has 2 nitrogen and oxygen atoms in total. The van der Waals surface area contributed by atoms with Gasteiger partial charge in [-0.15, -0.1) is 0 Å². The highest BCUT2D eigenvalue weighted by molar-refractivity contribution is 5.26. The lowest BCUT2D eigenvalue weighted by atomic mass is 10.0. The maximum absolute atomic E-state index is 5.98. The van der Waals surface area contributed by atoms with Crippen LogP contribution in [0, 0.1) is 12.8 Å². The van der Waals surface area contributed by atoms with Gasteiger partial charge in [0.1, 0.15) is 12.4 Å². The first-order valence-corrected chi connectivity index (χ1v) is 5.58. The van der Waals surface area contributed by atoms with E-state index in [0.29, 0.717) is 12.5 Å². The summed E-state index contributed by atoms with van der Waals surface area (Å²) < 4.78 is 5.62. The Balaban J connectivity index is 2.40. The van der Waals surface area contributed by atoms with Gasteiger partial charge in [0.05, 0.1) is 0 Å². The van der Waals surface area contributed by atoms with Gasteiger partial charge in [-0.2, -0.15) is 0 Å². The Morgan fingerprint density at radius 1 is 1.27 bits per heavy atom. The number of hydrogen-bond acceptors (Lipinski definition) is 2. The van der Waals surface area contributed by atoms with Crippen LogP contribution < -0.4 is 10.5 Å². The normalized spacial score (nSPS) is 14.7. The monoisotopic (exact) mass is 207 g/mol. The number of hydrogen-bond donors (Lipinski definition) is 1. The van der Waals surface area contributed by atoms with Gasteiger partial charge in [0, 0.05) is 6.04 Å². The van der Waals surface area contributed by atoms with Crippen LogP contribution in [0.5, 0.6) is 5.75 Å². The Kier molecular flexibility index (Phi) is 4.63. The van der Waals surface area contributed by atoms with E-state index in [0.717, 1.165) is 12.2 Å². The van der Waals surface area contributed by atoms with E-state index in [1.807, 2.05) is 24.3 Å². The molecule has 15 heavy (non-hydrogen) atoms. The van der Waals surface area contributed by atoms with Crippen molar-refractivity contribution >= 4 is 0 Å². The first-order chi connectivity index (χ1) is 7.13. The van der Waals surface area contributed by atoms with Crippen LogP contribution in [0.4, 0.5) is 0 Å². The molecule has 0 amide bonds. The van der Waals surface area contributed by atoms with Gasteiger partial charge in [0.25, 0.3) is 0 Å². The van der Waals surface area contributed by atoms with Crippen molar-refractivity contribution in [2.24, 2.45) is 11.7 Å². The molecule has 0 aliphatic heterocycles. The Hall–Kier alpha value is -1.02. The largest absolute Gasteiger partial charge is 0.492 e. The molecule has 2 unspecified atom stereocenters. The highest BCUT2D eigenvalue weighted by atomic mass is 16.5. The average molecular weight is 207 g/mol. The summed E-state index contributed by atoms with van der Waals surface area (Å²) in [6.45, 7) is 6.96. The van der Waals surface area contributed by atoms with Crippen LogP contribution in [0.15, 0.2) is 24.3 Å². The second-order valence-corrected chi connectivity index (χ2v) is 4.17. The van der Waals surface area contributed by atoms with Crippen molar-refractivity contribution in [1.82, 2.24) is 0 Å². The standard InChI is InChI=1S/C13H21NO/c1-4-11(3)13(14)9-15-12-7-5-10(2)6-8-12/h5-8,11,13H,4,9,14H2,1-3H3. The second kappa shape index (κ2) is 5.76. The smallest absolute Gasteiger partial charge is 0.119 e. The van der Waals surface area contributed by atoms with Crippen molar-refractivity contribution < 1.29 is 4.74 Å². The molecule has 1 aromatic carbocycles. The zero-order valence-corrected chi connectivity index (χ0v) is 9.86. The average Bonchev–Trinajstić information content (AvgIpc) is 2.26. The number of ether oxygens (including phenoxy) is 1. The molecular formula is C13H21NO. The van der Waals surface area contributed by atoms with Crippen LogP contribution in [-0.4, -0.2) is 12.6 Å². The van der Waals surface area contributed by atoms with Crippen molar-refractivity contribution in [3.8, 4) is 5.75 Å². The number of aryl methyl sites for hydroxylation is 1. The molecule has 0 saturated carbocycles. The minimum atomic E-state index is 0.122. The molecule has 84 valence electrons. The summed E-state index contributed by atoms with van der Waals surface area (Å²) in [6, 6.07) is 8.18. The summed E-state index contributed by atoms with van der Waals surface area (Å²) in [5.41, 5.74) is 7.22. The van der Waals surface area contributed by atoms with Gasteiger partial charge in [-0.3, -0.25) is 0 Å². The van der Waals surface area contributed by atoms with Crippen molar-refractivity contribution in [3.63, 3.8) is 0 Å². The first kappa shape index (κ1) is 12.1. The zero-order valence-electron chi connectivity index (χ0n) is 9.86. The van der Waals surface area contributed by atoms with Gasteiger partial charge in [-0.05, 0) is 25.0 Å². The predicted molar refractivity (Wildman–Crippen MR) is 64.1 cm³/mol. The lowest BCUT2D eigenvalue weighted by molar-refractivity contribution is 0.250. The van der Waals surface area contributed by atoms with Crippen molar-refractivity contribution in [3.05, 3.63) is 29.8 Å². The minimum absolute atomic E-state index is 0.122. The molecule has 0 spiro atoms. The van der Waals surface area contributed by atoms with Gasteiger partial charge in [-0.25, -0.2) is 0 Å².